The molecular weight excluding hydrogens is 330 g/mol. The molecular formula is C16H21N3O4S. The zero-order valence-corrected chi connectivity index (χ0v) is 14.8. The van der Waals surface area contributed by atoms with Crippen molar-refractivity contribution >= 4 is 15.7 Å². The van der Waals surface area contributed by atoms with Gasteiger partial charge in [0.15, 0.2) is 15.7 Å². The van der Waals surface area contributed by atoms with Crippen LogP contribution in [0.4, 0.5) is 0 Å². The van der Waals surface area contributed by atoms with Gasteiger partial charge in [0, 0.05) is 19.4 Å². The predicted molar refractivity (Wildman–Crippen MR) is 88.0 cm³/mol. The Kier molecular flexibility index (Phi) is 5.71. The highest BCUT2D eigenvalue weighted by atomic mass is 32.2. The fourth-order valence-corrected chi connectivity index (χ4v) is 3.28. The van der Waals surface area contributed by atoms with Crippen molar-refractivity contribution in [3.05, 3.63) is 42.0 Å². The topological polar surface area (TPSA) is 93.4 Å². The van der Waals surface area contributed by atoms with Crippen LogP contribution < -0.4 is 0 Å². The van der Waals surface area contributed by atoms with Gasteiger partial charge in [-0.1, -0.05) is 37.2 Å². The summed E-state index contributed by atoms with van der Waals surface area (Å²) in [6.07, 6.45) is -0.0946. The molecule has 0 bridgehead atoms. The van der Waals surface area contributed by atoms with E-state index in [9.17, 15) is 13.2 Å². The van der Waals surface area contributed by atoms with E-state index in [1.807, 2.05) is 13.8 Å². The van der Waals surface area contributed by atoms with Gasteiger partial charge in [0.2, 0.25) is 11.8 Å². The van der Waals surface area contributed by atoms with Crippen LogP contribution in [0.2, 0.25) is 0 Å². The summed E-state index contributed by atoms with van der Waals surface area (Å²) in [5.74, 6) is 0.510. The fraction of sp³-hybridized carbons (Fsp3) is 0.438. The predicted octanol–water partition coefficient (Wildman–Crippen LogP) is 2.02. The molecule has 1 aromatic carbocycles. The molecule has 0 aliphatic heterocycles. The van der Waals surface area contributed by atoms with Gasteiger partial charge < -0.3 is 9.42 Å². The Morgan fingerprint density at radius 2 is 1.92 bits per heavy atom. The molecule has 2 aromatic rings. The summed E-state index contributed by atoms with van der Waals surface area (Å²) in [5, 5.41) is 3.82. The van der Waals surface area contributed by atoms with Crippen LogP contribution in [0.25, 0.3) is 0 Å². The molecule has 0 radical (unpaired) electrons. The molecule has 0 unspecified atom stereocenters. The Balaban J connectivity index is 1.92. The minimum absolute atomic E-state index is 0.0946. The molecule has 0 fully saturated rings. The van der Waals surface area contributed by atoms with Crippen LogP contribution >= 0.6 is 0 Å². The highest BCUT2D eigenvalue weighted by molar-refractivity contribution is 7.91. The largest absolute Gasteiger partial charge is 0.339 e. The number of sulfone groups is 1. The van der Waals surface area contributed by atoms with E-state index in [1.54, 1.807) is 25.2 Å². The molecule has 24 heavy (non-hydrogen) atoms. The van der Waals surface area contributed by atoms with Crippen molar-refractivity contribution in [2.75, 3.05) is 12.8 Å². The summed E-state index contributed by atoms with van der Waals surface area (Å²) in [4.78, 5) is 18.0. The summed E-state index contributed by atoms with van der Waals surface area (Å²) >= 11 is 0. The van der Waals surface area contributed by atoms with E-state index >= 15 is 0 Å². The summed E-state index contributed by atoms with van der Waals surface area (Å²) in [7, 11) is -1.88. The monoisotopic (exact) mass is 351 g/mol. The second-order valence-corrected chi connectivity index (χ2v) is 7.94. The lowest BCUT2D eigenvalue weighted by atomic mass is 10.2. The summed E-state index contributed by atoms with van der Waals surface area (Å²) in [6.45, 7) is 4.04. The highest BCUT2D eigenvalue weighted by Gasteiger charge is 2.19. The molecule has 1 amide bonds. The van der Waals surface area contributed by atoms with Crippen molar-refractivity contribution in [1.82, 2.24) is 15.0 Å². The summed E-state index contributed by atoms with van der Waals surface area (Å²) < 4.78 is 29.5. The lowest BCUT2D eigenvalue weighted by Crippen LogP contribution is -2.28. The van der Waals surface area contributed by atoms with E-state index in [-0.39, 0.29) is 35.4 Å². The molecule has 2 rings (SSSR count). The highest BCUT2D eigenvalue weighted by Crippen LogP contribution is 2.13. The number of amides is 1. The van der Waals surface area contributed by atoms with Gasteiger partial charge in [-0.2, -0.15) is 4.98 Å². The maximum Gasteiger partial charge on any atom is 0.229 e. The van der Waals surface area contributed by atoms with Gasteiger partial charge in [-0.25, -0.2) is 8.42 Å². The second kappa shape index (κ2) is 7.57. The van der Waals surface area contributed by atoms with Crippen molar-refractivity contribution in [2.24, 2.45) is 0 Å². The van der Waals surface area contributed by atoms with Crippen LogP contribution in [0.1, 0.15) is 37.9 Å². The van der Waals surface area contributed by atoms with Gasteiger partial charge >= 0.3 is 0 Å². The van der Waals surface area contributed by atoms with Gasteiger partial charge in [0.05, 0.1) is 17.2 Å². The van der Waals surface area contributed by atoms with E-state index in [0.29, 0.717) is 11.7 Å². The number of rotatable bonds is 7. The smallest absolute Gasteiger partial charge is 0.229 e. The molecule has 0 aliphatic rings. The Morgan fingerprint density at radius 3 is 2.50 bits per heavy atom. The standard InChI is InChI=1S/C16H21N3O4S/c1-12(2)16-17-14(18-23-16)11-19(3)15(20)9-10-24(21,22)13-7-5-4-6-8-13/h4-8,12H,9-11H2,1-3H3. The number of hydrogen-bond acceptors (Lipinski definition) is 6. The summed E-state index contributed by atoms with van der Waals surface area (Å²) in [6, 6.07) is 8.10. The van der Waals surface area contributed by atoms with Crippen LogP contribution in [0.15, 0.2) is 39.8 Å². The molecule has 0 aliphatic carbocycles. The quantitative estimate of drug-likeness (QED) is 0.757. The Bertz CT molecular complexity index is 785. The van der Waals surface area contributed by atoms with Gasteiger partial charge in [0.1, 0.15) is 0 Å². The number of nitrogens with zero attached hydrogens (tertiary/aromatic N) is 3. The second-order valence-electron chi connectivity index (χ2n) is 5.84. The molecule has 1 aromatic heterocycles. The maximum atomic E-state index is 12.2. The van der Waals surface area contributed by atoms with Gasteiger partial charge in [-0.05, 0) is 12.1 Å². The van der Waals surface area contributed by atoms with Crippen LogP contribution in [0, 0.1) is 0 Å². The van der Waals surface area contributed by atoms with Crippen LogP contribution in [0.3, 0.4) is 0 Å². The van der Waals surface area contributed by atoms with Crippen molar-refractivity contribution < 1.29 is 17.7 Å². The van der Waals surface area contributed by atoms with E-state index < -0.39 is 9.84 Å². The molecule has 0 N–H and O–H groups in total. The average molecular weight is 351 g/mol. The first-order chi connectivity index (χ1) is 11.3. The Morgan fingerprint density at radius 1 is 1.25 bits per heavy atom. The number of hydrogen-bond donors (Lipinski definition) is 0. The zero-order chi connectivity index (χ0) is 17.7. The molecule has 8 heteroatoms. The normalized spacial score (nSPS) is 11.7. The molecule has 7 nitrogen and oxygen atoms in total. The van der Waals surface area contributed by atoms with Crippen molar-refractivity contribution in [3.63, 3.8) is 0 Å². The SMILES string of the molecule is CC(C)c1nc(CN(C)C(=O)CCS(=O)(=O)c2ccccc2)no1. The van der Waals surface area contributed by atoms with Crippen LogP contribution in [-0.4, -0.2) is 42.2 Å². The molecule has 1 heterocycles. The van der Waals surface area contributed by atoms with E-state index in [4.69, 9.17) is 4.52 Å². The third-order valence-electron chi connectivity index (χ3n) is 3.47. The summed E-state index contributed by atoms with van der Waals surface area (Å²) in [5.41, 5.74) is 0. The lowest BCUT2D eigenvalue weighted by molar-refractivity contribution is -0.130. The average Bonchev–Trinajstić information content (AvgIpc) is 3.02. The fourth-order valence-electron chi connectivity index (χ4n) is 2.02. The Labute approximate surface area is 141 Å². The minimum atomic E-state index is -3.47. The van der Waals surface area contributed by atoms with Gasteiger partial charge in [-0.15, -0.1) is 0 Å². The van der Waals surface area contributed by atoms with Gasteiger partial charge in [0.25, 0.3) is 0 Å². The molecule has 0 saturated heterocycles. The van der Waals surface area contributed by atoms with E-state index in [0.717, 1.165) is 0 Å². The zero-order valence-electron chi connectivity index (χ0n) is 14.0. The third-order valence-corrected chi connectivity index (χ3v) is 5.20. The maximum absolute atomic E-state index is 12.2. The minimum Gasteiger partial charge on any atom is -0.339 e. The Hall–Kier alpha value is -2.22. The first-order valence-corrected chi connectivity index (χ1v) is 9.29. The van der Waals surface area contributed by atoms with Crippen molar-refractivity contribution in [3.8, 4) is 0 Å². The van der Waals surface area contributed by atoms with Gasteiger partial charge in [-0.3, -0.25) is 4.79 Å². The lowest BCUT2D eigenvalue weighted by Gasteiger charge is -2.15. The van der Waals surface area contributed by atoms with Crippen LogP contribution in [0.5, 0.6) is 0 Å². The molecule has 0 saturated carbocycles. The number of benzene rings is 1. The van der Waals surface area contributed by atoms with E-state index in [2.05, 4.69) is 10.1 Å². The molecule has 0 spiro atoms. The number of carbonyl (C=O) groups is 1. The third kappa shape index (κ3) is 4.64. The molecule has 0 atom stereocenters. The van der Waals surface area contributed by atoms with Crippen molar-refractivity contribution in [2.45, 2.75) is 37.6 Å². The first-order valence-electron chi connectivity index (χ1n) is 7.64. The first kappa shape index (κ1) is 18.1. The van der Waals surface area contributed by atoms with Crippen molar-refractivity contribution in [1.29, 1.82) is 0 Å². The van der Waals surface area contributed by atoms with E-state index in [1.165, 1.54) is 17.0 Å². The number of aromatic nitrogens is 2. The van der Waals surface area contributed by atoms with Crippen LogP contribution in [-0.2, 0) is 21.2 Å². The number of carbonyl (C=O) groups excluding carboxylic acids is 1. The molecule has 130 valence electrons.